The van der Waals surface area contributed by atoms with Gasteiger partial charge < -0.3 is 15.7 Å². The van der Waals surface area contributed by atoms with Crippen molar-refractivity contribution in [3.63, 3.8) is 0 Å². The highest BCUT2D eigenvalue weighted by molar-refractivity contribution is 6.35. The lowest BCUT2D eigenvalue weighted by Gasteiger charge is -2.13. The highest BCUT2D eigenvalue weighted by Gasteiger charge is 2.16. The number of nitrogens with zero attached hydrogens (tertiary/aromatic N) is 1. The zero-order valence-electron chi connectivity index (χ0n) is 10.2. The quantitative estimate of drug-likeness (QED) is 0.620. The average molecular weight is 251 g/mol. The van der Waals surface area contributed by atoms with Crippen LogP contribution in [-0.2, 0) is 16.1 Å². The number of hydrogen-bond acceptors (Lipinski definition) is 4. The van der Waals surface area contributed by atoms with Crippen LogP contribution in [0.3, 0.4) is 0 Å². The third-order valence-corrected chi connectivity index (χ3v) is 2.41. The fourth-order valence-corrected chi connectivity index (χ4v) is 1.28. The van der Waals surface area contributed by atoms with Crippen LogP contribution >= 0.6 is 0 Å². The summed E-state index contributed by atoms with van der Waals surface area (Å²) in [5.74, 6) is -1.47. The number of hydrogen-bond donors (Lipinski definition) is 3. The molecule has 1 aromatic rings. The van der Waals surface area contributed by atoms with Crippen molar-refractivity contribution < 1.29 is 14.7 Å². The van der Waals surface area contributed by atoms with E-state index >= 15 is 0 Å². The molecule has 1 aromatic heterocycles. The number of amides is 2. The van der Waals surface area contributed by atoms with Gasteiger partial charge in [0.1, 0.15) is 0 Å². The van der Waals surface area contributed by atoms with Gasteiger partial charge >= 0.3 is 11.8 Å². The first-order valence-corrected chi connectivity index (χ1v) is 5.76. The number of rotatable bonds is 5. The lowest BCUT2D eigenvalue weighted by molar-refractivity contribution is -0.139. The smallest absolute Gasteiger partial charge is 0.309 e. The van der Waals surface area contributed by atoms with Gasteiger partial charge in [-0.2, -0.15) is 0 Å². The summed E-state index contributed by atoms with van der Waals surface area (Å²) in [7, 11) is 0. The van der Waals surface area contributed by atoms with Crippen molar-refractivity contribution in [2.75, 3.05) is 6.61 Å². The third kappa shape index (κ3) is 4.50. The number of nitrogens with one attached hydrogen (secondary N) is 2. The monoisotopic (exact) mass is 251 g/mol. The normalized spacial score (nSPS) is 11.7. The second kappa shape index (κ2) is 7.39. The fraction of sp³-hybridized carbons (Fsp3) is 0.417. The van der Waals surface area contributed by atoms with E-state index in [1.54, 1.807) is 24.4 Å². The van der Waals surface area contributed by atoms with Gasteiger partial charge in [0.15, 0.2) is 0 Å². The summed E-state index contributed by atoms with van der Waals surface area (Å²) in [5.41, 5.74) is 0.674. The van der Waals surface area contributed by atoms with E-state index in [0.717, 1.165) is 0 Å². The van der Waals surface area contributed by atoms with Crippen LogP contribution in [0.5, 0.6) is 0 Å². The Bertz CT molecular complexity index is 391. The van der Waals surface area contributed by atoms with E-state index < -0.39 is 17.9 Å². The molecule has 0 radical (unpaired) electrons. The maximum absolute atomic E-state index is 11.5. The predicted octanol–water partition coefficient (Wildman–Crippen LogP) is -0.415. The van der Waals surface area contributed by atoms with E-state index in [-0.39, 0.29) is 13.2 Å². The summed E-state index contributed by atoms with van der Waals surface area (Å²) in [5, 5.41) is 13.8. The van der Waals surface area contributed by atoms with Crippen LogP contribution in [0.1, 0.15) is 19.0 Å². The Labute approximate surface area is 105 Å². The number of aliphatic hydroxyl groups is 1. The van der Waals surface area contributed by atoms with Crippen molar-refractivity contribution in [2.45, 2.75) is 25.9 Å². The molecule has 1 unspecified atom stereocenters. The molecular formula is C12H17N3O3. The van der Waals surface area contributed by atoms with Gasteiger partial charge in [0.25, 0.3) is 0 Å². The predicted molar refractivity (Wildman–Crippen MR) is 65.4 cm³/mol. The standard InChI is InChI=1S/C12H17N3O3/c1-2-9(8-16)15-12(18)11(17)14-7-10-5-3-4-6-13-10/h3-6,9,16H,2,7-8H2,1H3,(H,14,17)(H,15,18). The van der Waals surface area contributed by atoms with Crippen LogP contribution in [0, 0.1) is 0 Å². The lowest BCUT2D eigenvalue weighted by Crippen LogP contribution is -2.45. The summed E-state index contributed by atoms with van der Waals surface area (Å²) >= 11 is 0. The molecule has 0 aliphatic heterocycles. The average Bonchev–Trinajstić information content (AvgIpc) is 2.42. The van der Waals surface area contributed by atoms with Crippen LogP contribution in [0.15, 0.2) is 24.4 Å². The minimum Gasteiger partial charge on any atom is -0.394 e. The zero-order chi connectivity index (χ0) is 13.4. The fourth-order valence-electron chi connectivity index (χ4n) is 1.28. The Kier molecular flexibility index (Phi) is 5.79. The number of carbonyl (C=O) groups excluding carboxylic acids is 2. The van der Waals surface area contributed by atoms with Gasteiger partial charge in [-0.05, 0) is 18.6 Å². The number of carbonyl (C=O) groups is 2. The Hall–Kier alpha value is -1.95. The van der Waals surface area contributed by atoms with Crippen LogP contribution < -0.4 is 10.6 Å². The Morgan fingerprint density at radius 2 is 2.17 bits per heavy atom. The van der Waals surface area contributed by atoms with Crippen molar-refractivity contribution in [3.05, 3.63) is 30.1 Å². The molecule has 0 saturated heterocycles. The molecule has 6 nitrogen and oxygen atoms in total. The van der Waals surface area contributed by atoms with E-state index in [1.165, 1.54) is 0 Å². The van der Waals surface area contributed by atoms with Crippen molar-refractivity contribution in [1.82, 2.24) is 15.6 Å². The molecule has 0 aliphatic carbocycles. The molecule has 1 heterocycles. The van der Waals surface area contributed by atoms with E-state index in [2.05, 4.69) is 15.6 Å². The maximum atomic E-state index is 11.5. The van der Waals surface area contributed by atoms with Crippen LogP contribution in [0.2, 0.25) is 0 Å². The molecule has 6 heteroatoms. The van der Waals surface area contributed by atoms with Gasteiger partial charge in [0.2, 0.25) is 0 Å². The minimum atomic E-state index is -0.744. The molecule has 1 rings (SSSR count). The summed E-state index contributed by atoms with van der Waals surface area (Å²) in [6.07, 6.45) is 2.18. The maximum Gasteiger partial charge on any atom is 0.309 e. The number of aromatic nitrogens is 1. The first-order valence-electron chi connectivity index (χ1n) is 5.76. The Morgan fingerprint density at radius 3 is 2.72 bits per heavy atom. The second-order valence-corrected chi connectivity index (χ2v) is 3.76. The molecule has 0 aromatic carbocycles. The van der Waals surface area contributed by atoms with Crippen molar-refractivity contribution >= 4 is 11.8 Å². The van der Waals surface area contributed by atoms with Crippen LogP contribution in [0.25, 0.3) is 0 Å². The van der Waals surface area contributed by atoms with Crippen LogP contribution in [-0.4, -0.2) is 34.6 Å². The minimum absolute atomic E-state index is 0.185. The van der Waals surface area contributed by atoms with Gasteiger partial charge in [-0.25, -0.2) is 0 Å². The molecule has 98 valence electrons. The summed E-state index contributed by atoms with van der Waals surface area (Å²) in [4.78, 5) is 26.9. The highest BCUT2D eigenvalue weighted by atomic mass is 16.3. The molecule has 0 bridgehead atoms. The topological polar surface area (TPSA) is 91.3 Å². The molecule has 0 aliphatic rings. The van der Waals surface area contributed by atoms with E-state index in [1.807, 2.05) is 6.92 Å². The van der Waals surface area contributed by atoms with Crippen LogP contribution in [0.4, 0.5) is 0 Å². The largest absolute Gasteiger partial charge is 0.394 e. The van der Waals surface area contributed by atoms with Gasteiger partial charge in [-0.3, -0.25) is 14.6 Å². The van der Waals surface area contributed by atoms with Crippen molar-refractivity contribution in [3.8, 4) is 0 Å². The molecule has 0 saturated carbocycles. The molecule has 18 heavy (non-hydrogen) atoms. The first-order chi connectivity index (χ1) is 8.67. The second-order valence-electron chi connectivity index (χ2n) is 3.76. The number of aliphatic hydroxyl groups excluding tert-OH is 1. The summed E-state index contributed by atoms with van der Waals surface area (Å²) < 4.78 is 0. The third-order valence-electron chi connectivity index (χ3n) is 2.41. The van der Waals surface area contributed by atoms with Crippen molar-refractivity contribution in [2.24, 2.45) is 0 Å². The lowest BCUT2D eigenvalue weighted by atomic mass is 10.2. The SMILES string of the molecule is CCC(CO)NC(=O)C(=O)NCc1ccccn1. The van der Waals surface area contributed by atoms with E-state index in [9.17, 15) is 9.59 Å². The van der Waals surface area contributed by atoms with Gasteiger partial charge in [0, 0.05) is 6.20 Å². The summed E-state index contributed by atoms with van der Waals surface area (Å²) in [6.45, 7) is 1.83. The number of pyridine rings is 1. The molecule has 0 fully saturated rings. The van der Waals surface area contributed by atoms with E-state index in [0.29, 0.717) is 12.1 Å². The molecule has 0 spiro atoms. The molecule has 1 atom stereocenters. The van der Waals surface area contributed by atoms with Crippen molar-refractivity contribution in [1.29, 1.82) is 0 Å². The molecule has 3 N–H and O–H groups in total. The molecule has 2 amide bonds. The van der Waals surface area contributed by atoms with Gasteiger partial charge in [-0.15, -0.1) is 0 Å². The van der Waals surface area contributed by atoms with Gasteiger partial charge in [-0.1, -0.05) is 13.0 Å². The Morgan fingerprint density at radius 1 is 1.39 bits per heavy atom. The molecular weight excluding hydrogens is 234 g/mol. The first kappa shape index (κ1) is 14.1. The van der Waals surface area contributed by atoms with E-state index in [4.69, 9.17) is 5.11 Å². The Balaban J connectivity index is 2.39. The zero-order valence-corrected chi connectivity index (χ0v) is 10.2. The van der Waals surface area contributed by atoms with Gasteiger partial charge in [0.05, 0.1) is 24.9 Å². The highest BCUT2D eigenvalue weighted by Crippen LogP contribution is 1.92. The summed E-state index contributed by atoms with van der Waals surface area (Å²) in [6, 6.07) is 4.93.